The summed E-state index contributed by atoms with van der Waals surface area (Å²) in [5.74, 6) is 1.62. The normalized spacial score (nSPS) is 23.6. The second-order valence-corrected chi connectivity index (χ2v) is 6.40. The number of likely N-dealkylation sites (tertiary alicyclic amines) is 1. The van der Waals surface area contributed by atoms with Crippen LogP contribution < -0.4 is 0 Å². The van der Waals surface area contributed by atoms with Crippen molar-refractivity contribution in [1.82, 2.24) is 14.5 Å². The Bertz CT molecular complexity index is 684. The lowest BCUT2D eigenvalue weighted by atomic mass is 10.1. The van der Waals surface area contributed by atoms with Crippen molar-refractivity contribution < 1.29 is 4.79 Å². The highest BCUT2D eigenvalue weighted by Gasteiger charge is 2.37. The average Bonchev–Trinajstić information content (AvgIpc) is 3.19. The first kappa shape index (κ1) is 12.9. The molecule has 21 heavy (non-hydrogen) atoms. The minimum absolute atomic E-state index is 0.246. The fourth-order valence-corrected chi connectivity index (χ4v) is 4.00. The summed E-state index contributed by atoms with van der Waals surface area (Å²) in [4.78, 5) is 19.3. The molecule has 1 aliphatic heterocycles. The second kappa shape index (κ2) is 4.86. The molecule has 4 nitrogen and oxygen atoms in total. The average molecular weight is 283 g/mol. The molecule has 1 amide bonds. The number of carbonyl (C=O) groups excluding carboxylic acids is 1. The predicted molar refractivity (Wildman–Crippen MR) is 82.0 cm³/mol. The molecule has 2 fully saturated rings. The van der Waals surface area contributed by atoms with Crippen LogP contribution in [0.2, 0.25) is 0 Å². The van der Waals surface area contributed by atoms with E-state index >= 15 is 0 Å². The Hall–Kier alpha value is -1.84. The first-order valence-electron chi connectivity index (χ1n) is 7.95. The molecule has 2 heterocycles. The van der Waals surface area contributed by atoms with Crippen LogP contribution in [0, 0.1) is 0 Å². The highest BCUT2D eigenvalue weighted by atomic mass is 16.2. The van der Waals surface area contributed by atoms with Gasteiger partial charge in [-0.1, -0.05) is 25.0 Å². The molecule has 1 saturated heterocycles. The van der Waals surface area contributed by atoms with Crippen molar-refractivity contribution in [2.75, 3.05) is 6.54 Å². The van der Waals surface area contributed by atoms with E-state index in [4.69, 9.17) is 4.98 Å². The molecule has 4 heteroatoms. The van der Waals surface area contributed by atoms with Gasteiger partial charge in [-0.3, -0.25) is 4.79 Å². The third kappa shape index (κ3) is 2.04. The number of rotatable bonds is 2. The molecule has 4 rings (SSSR count). The van der Waals surface area contributed by atoms with Crippen molar-refractivity contribution in [2.45, 2.75) is 44.1 Å². The molecule has 1 unspecified atom stereocenters. The monoisotopic (exact) mass is 283 g/mol. The molecule has 1 saturated carbocycles. The van der Waals surface area contributed by atoms with Crippen molar-refractivity contribution in [1.29, 1.82) is 0 Å². The number of nitrogens with zero attached hydrogens (tertiary/aromatic N) is 3. The van der Waals surface area contributed by atoms with Crippen molar-refractivity contribution in [2.24, 2.45) is 7.05 Å². The van der Waals surface area contributed by atoms with Crippen LogP contribution >= 0.6 is 0 Å². The Morgan fingerprint density at radius 2 is 1.95 bits per heavy atom. The summed E-state index contributed by atoms with van der Waals surface area (Å²) in [5, 5.41) is 0. The zero-order valence-corrected chi connectivity index (χ0v) is 12.5. The molecule has 0 bridgehead atoms. The van der Waals surface area contributed by atoms with E-state index in [9.17, 15) is 4.79 Å². The van der Waals surface area contributed by atoms with Crippen LogP contribution in [0.5, 0.6) is 0 Å². The lowest BCUT2D eigenvalue weighted by Gasteiger charge is -2.24. The second-order valence-electron chi connectivity index (χ2n) is 6.40. The summed E-state index contributed by atoms with van der Waals surface area (Å²) >= 11 is 0. The highest BCUT2D eigenvalue weighted by molar-refractivity contribution is 5.81. The van der Waals surface area contributed by atoms with Gasteiger partial charge in [0.25, 0.3) is 0 Å². The van der Waals surface area contributed by atoms with E-state index in [0.29, 0.717) is 18.4 Å². The van der Waals surface area contributed by atoms with Gasteiger partial charge in [-0.25, -0.2) is 4.98 Å². The largest absolute Gasteiger partial charge is 0.339 e. The first-order valence-corrected chi connectivity index (χ1v) is 7.95. The van der Waals surface area contributed by atoms with E-state index in [-0.39, 0.29) is 5.92 Å². The quantitative estimate of drug-likeness (QED) is 0.850. The molecule has 2 aliphatic rings. The number of hydrogen-bond donors (Lipinski definition) is 0. The number of para-hydroxylation sites is 2. The zero-order chi connectivity index (χ0) is 14.4. The van der Waals surface area contributed by atoms with Gasteiger partial charge in [-0.2, -0.15) is 0 Å². The topological polar surface area (TPSA) is 38.1 Å². The van der Waals surface area contributed by atoms with Crippen LogP contribution in [-0.4, -0.2) is 32.9 Å². The van der Waals surface area contributed by atoms with Crippen LogP contribution in [0.25, 0.3) is 11.0 Å². The first-order chi connectivity index (χ1) is 10.2. The maximum Gasteiger partial charge on any atom is 0.223 e. The fraction of sp³-hybridized carbons (Fsp3) is 0.529. The summed E-state index contributed by atoms with van der Waals surface area (Å²) < 4.78 is 2.16. The van der Waals surface area contributed by atoms with Gasteiger partial charge < -0.3 is 9.47 Å². The van der Waals surface area contributed by atoms with E-state index in [2.05, 4.69) is 22.6 Å². The third-order valence-electron chi connectivity index (χ3n) is 5.11. The molecule has 110 valence electrons. The predicted octanol–water partition coefficient (Wildman–Crippen LogP) is 2.83. The van der Waals surface area contributed by atoms with Gasteiger partial charge in [0, 0.05) is 32.0 Å². The molecule has 1 aliphatic carbocycles. The molecule has 0 N–H and O–H groups in total. The lowest BCUT2D eigenvalue weighted by Crippen LogP contribution is -2.34. The molecular weight excluding hydrogens is 262 g/mol. The maximum absolute atomic E-state index is 12.4. The number of aromatic nitrogens is 2. The van der Waals surface area contributed by atoms with Gasteiger partial charge in [-0.05, 0) is 25.0 Å². The molecule has 2 aromatic rings. The highest BCUT2D eigenvalue weighted by Crippen LogP contribution is 2.34. The minimum Gasteiger partial charge on any atom is -0.339 e. The van der Waals surface area contributed by atoms with Gasteiger partial charge in [0.15, 0.2) is 0 Å². The summed E-state index contributed by atoms with van der Waals surface area (Å²) in [6.45, 7) is 0.848. The van der Waals surface area contributed by atoms with Crippen molar-refractivity contribution in [3.8, 4) is 0 Å². The number of fused-ring (bicyclic) bond motifs is 1. The van der Waals surface area contributed by atoms with E-state index in [1.165, 1.54) is 25.7 Å². The van der Waals surface area contributed by atoms with Crippen molar-refractivity contribution in [3.05, 3.63) is 30.1 Å². The minimum atomic E-state index is 0.246. The number of hydrogen-bond acceptors (Lipinski definition) is 2. The molecule has 1 aromatic heterocycles. The summed E-state index contributed by atoms with van der Waals surface area (Å²) in [7, 11) is 2.06. The number of aryl methyl sites for hydroxylation is 1. The van der Waals surface area contributed by atoms with Gasteiger partial charge in [0.2, 0.25) is 5.91 Å². The molecule has 0 spiro atoms. The van der Waals surface area contributed by atoms with Gasteiger partial charge in [-0.15, -0.1) is 0 Å². The Labute approximate surface area is 124 Å². The van der Waals surface area contributed by atoms with Crippen LogP contribution in [0.3, 0.4) is 0 Å². The number of amides is 1. The number of benzene rings is 1. The van der Waals surface area contributed by atoms with Crippen molar-refractivity contribution >= 4 is 16.9 Å². The van der Waals surface area contributed by atoms with Crippen LogP contribution in [0.4, 0.5) is 0 Å². The third-order valence-corrected chi connectivity index (χ3v) is 5.11. The summed E-state index contributed by atoms with van der Waals surface area (Å²) in [6.07, 6.45) is 5.52. The molecule has 1 atom stereocenters. The molecule has 0 radical (unpaired) electrons. The summed E-state index contributed by atoms with van der Waals surface area (Å²) in [6, 6.07) is 8.68. The Balaban J connectivity index is 1.64. The SMILES string of the molecule is Cn1c(C2CC(=O)N(C3CCCC3)C2)nc2ccccc21. The number of imidazole rings is 1. The zero-order valence-electron chi connectivity index (χ0n) is 12.5. The van der Waals surface area contributed by atoms with Gasteiger partial charge >= 0.3 is 0 Å². The maximum atomic E-state index is 12.4. The van der Waals surface area contributed by atoms with Crippen LogP contribution in [0.15, 0.2) is 24.3 Å². The fourth-order valence-electron chi connectivity index (χ4n) is 4.00. The van der Waals surface area contributed by atoms with E-state index in [1.807, 2.05) is 18.2 Å². The lowest BCUT2D eigenvalue weighted by molar-refractivity contribution is -0.129. The van der Waals surface area contributed by atoms with Crippen molar-refractivity contribution in [3.63, 3.8) is 0 Å². The van der Waals surface area contributed by atoms with Crippen LogP contribution in [0.1, 0.15) is 43.8 Å². The van der Waals surface area contributed by atoms with E-state index in [0.717, 1.165) is 23.4 Å². The van der Waals surface area contributed by atoms with Crippen LogP contribution in [-0.2, 0) is 11.8 Å². The Kier molecular flexibility index (Phi) is 2.98. The Morgan fingerprint density at radius 3 is 2.71 bits per heavy atom. The van der Waals surface area contributed by atoms with Gasteiger partial charge in [0.05, 0.1) is 11.0 Å². The van der Waals surface area contributed by atoms with Gasteiger partial charge in [0.1, 0.15) is 5.82 Å². The smallest absolute Gasteiger partial charge is 0.223 e. The molecular formula is C17H21N3O. The van der Waals surface area contributed by atoms with E-state index < -0.39 is 0 Å². The Morgan fingerprint density at radius 1 is 1.19 bits per heavy atom. The summed E-state index contributed by atoms with van der Waals surface area (Å²) in [5.41, 5.74) is 2.18. The number of carbonyl (C=O) groups is 1. The standard InChI is InChI=1S/C17H21N3O/c1-19-15-9-5-4-8-14(15)18-17(19)12-10-16(21)20(11-12)13-6-2-3-7-13/h4-5,8-9,12-13H,2-3,6-7,10-11H2,1H3. The van der Waals surface area contributed by atoms with E-state index in [1.54, 1.807) is 0 Å². The molecule has 1 aromatic carbocycles.